The van der Waals surface area contributed by atoms with Crippen LogP contribution in [0.25, 0.3) is 0 Å². The first-order chi connectivity index (χ1) is 14.5. The summed E-state index contributed by atoms with van der Waals surface area (Å²) in [5.74, 6) is -0.724. The maximum Gasteiger partial charge on any atom is 0.345 e. The van der Waals surface area contributed by atoms with Gasteiger partial charge in [0.1, 0.15) is 4.88 Å². The normalized spacial score (nSPS) is 17.5. The maximum absolute atomic E-state index is 12.5. The van der Waals surface area contributed by atoms with Crippen molar-refractivity contribution in [3.63, 3.8) is 0 Å². The number of unbranched alkanes of at least 4 members (excludes halogenated alkanes) is 2. The van der Waals surface area contributed by atoms with Crippen molar-refractivity contribution in [2.75, 3.05) is 4.90 Å². The van der Waals surface area contributed by atoms with Crippen LogP contribution in [0.3, 0.4) is 0 Å². The summed E-state index contributed by atoms with van der Waals surface area (Å²) in [6.45, 7) is 2.15. The number of carboxylic acid groups (broad SMARTS) is 1. The van der Waals surface area contributed by atoms with Gasteiger partial charge in [-0.05, 0) is 61.9 Å². The third-order valence-electron chi connectivity index (χ3n) is 5.80. The van der Waals surface area contributed by atoms with Crippen LogP contribution in [0.2, 0.25) is 0 Å². The zero-order valence-electron chi connectivity index (χ0n) is 17.5. The topological polar surface area (TPSA) is 77.8 Å². The number of benzene rings is 1. The van der Waals surface area contributed by atoms with Crippen LogP contribution < -0.4 is 4.90 Å². The molecule has 1 aromatic carbocycles. The number of hydrogen-bond donors (Lipinski definition) is 2. The molecule has 0 aliphatic carbocycles. The number of hydrogen-bond acceptors (Lipinski definition) is 4. The number of aliphatic hydroxyl groups excluding tert-OH is 1. The highest BCUT2D eigenvalue weighted by molar-refractivity contribution is 7.13. The molecule has 0 saturated carbocycles. The molecular weight excluding hydrogens is 398 g/mol. The smallest absolute Gasteiger partial charge is 0.345 e. The van der Waals surface area contributed by atoms with Gasteiger partial charge in [0.05, 0.1) is 6.10 Å². The number of thiophene rings is 1. The van der Waals surface area contributed by atoms with Crippen LogP contribution in [0.5, 0.6) is 0 Å². The molecule has 1 amide bonds. The predicted molar refractivity (Wildman–Crippen MR) is 120 cm³/mol. The molecule has 2 N–H and O–H groups in total. The Morgan fingerprint density at radius 2 is 1.93 bits per heavy atom. The predicted octanol–water partition coefficient (Wildman–Crippen LogP) is 5.58. The van der Waals surface area contributed by atoms with E-state index in [1.54, 1.807) is 6.07 Å². The van der Waals surface area contributed by atoms with Gasteiger partial charge in [0.15, 0.2) is 0 Å². The van der Waals surface area contributed by atoms with E-state index in [2.05, 4.69) is 6.92 Å². The summed E-state index contributed by atoms with van der Waals surface area (Å²) in [6.07, 6.45) is 7.67. The fourth-order valence-electron chi connectivity index (χ4n) is 4.12. The summed E-state index contributed by atoms with van der Waals surface area (Å²) in [6, 6.07) is 11.5. The van der Waals surface area contributed by atoms with E-state index in [0.29, 0.717) is 11.3 Å². The molecule has 0 spiro atoms. The maximum atomic E-state index is 12.5. The van der Waals surface area contributed by atoms with E-state index in [4.69, 9.17) is 5.11 Å². The second kappa shape index (κ2) is 10.7. The SMILES string of the molecule is CCCCCC(O)c1ccc(N2C(=O)CC[C@@H]2CCCc2ccc(C(=O)O)s2)cc1. The minimum absolute atomic E-state index is 0.153. The number of aromatic carboxylic acids is 1. The van der Waals surface area contributed by atoms with Gasteiger partial charge in [0.2, 0.25) is 5.91 Å². The minimum atomic E-state index is -0.877. The molecule has 1 aliphatic rings. The second-order valence-corrected chi connectivity index (χ2v) is 9.19. The van der Waals surface area contributed by atoms with E-state index in [9.17, 15) is 14.7 Å². The van der Waals surface area contributed by atoms with Crippen molar-refractivity contribution in [1.29, 1.82) is 0 Å². The highest BCUT2D eigenvalue weighted by atomic mass is 32.1. The molecule has 0 radical (unpaired) electrons. The number of amides is 1. The summed E-state index contributed by atoms with van der Waals surface area (Å²) in [5, 5.41) is 19.4. The molecule has 1 fully saturated rings. The lowest BCUT2D eigenvalue weighted by atomic mass is 10.0. The first kappa shape index (κ1) is 22.5. The van der Waals surface area contributed by atoms with Crippen molar-refractivity contribution in [3.05, 3.63) is 51.7 Å². The Balaban J connectivity index is 1.56. The van der Waals surface area contributed by atoms with Crippen molar-refractivity contribution in [2.45, 2.75) is 76.9 Å². The van der Waals surface area contributed by atoms with E-state index >= 15 is 0 Å². The van der Waals surface area contributed by atoms with Gasteiger partial charge in [-0.2, -0.15) is 0 Å². The molecule has 6 heteroatoms. The molecule has 162 valence electrons. The molecule has 0 bridgehead atoms. The van der Waals surface area contributed by atoms with Crippen LogP contribution in [0.4, 0.5) is 5.69 Å². The Bertz CT molecular complexity index is 845. The van der Waals surface area contributed by atoms with Gasteiger partial charge < -0.3 is 15.1 Å². The first-order valence-corrected chi connectivity index (χ1v) is 11.7. The van der Waals surface area contributed by atoms with E-state index in [1.807, 2.05) is 35.2 Å². The van der Waals surface area contributed by atoms with Crippen molar-refractivity contribution in [2.24, 2.45) is 0 Å². The fourth-order valence-corrected chi connectivity index (χ4v) is 5.01. The number of nitrogens with zero attached hydrogens (tertiary/aromatic N) is 1. The molecule has 2 heterocycles. The monoisotopic (exact) mass is 429 g/mol. The van der Waals surface area contributed by atoms with Crippen LogP contribution in [0.15, 0.2) is 36.4 Å². The number of carbonyl (C=O) groups excluding carboxylic acids is 1. The lowest BCUT2D eigenvalue weighted by molar-refractivity contribution is -0.117. The van der Waals surface area contributed by atoms with E-state index in [0.717, 1.165) is 67.5 Å². The zero-order chi connectivity index (χ0) is 21.5. The Morgan fingerprint density at radius 1 is 1.17 bits per heavy atom. The van der Waals surface area contributed by atoms with E-state index in [1.165, 1.54) is 11.3 Å². The standard InChI is InChI=1S/C24H31NO4S/c1-2-3-4-8-21(26)17-9-11-19(12-10-17)25-18(13-16-23(25)27)6-5-7-20-14-15-22(30-20)24(28)29/h9-12,14-15,18,21,26H,2-8,13,16H2,1H3,(H,28,29)/t18-,21?/m0/s1. The average molecular weight is 430 g/mol. The van der Waals surface area contributed by atoms with Crippen molar-refractivity contribution in [3.8, 4) is 0 Å². The van der Waals surface area contributed by atoms with E-state index < -0.39 is 12.1 Å². The molecule has 2 atom stereocenters. The Labute approximate surface area is 182 Å². The summed E-state index contributed by atoms with van der Waals surface area (Å²) in [7, 11) is 0. The Hall–Kier alpha value is -2.18. The molecule has 1 aromatic heterocycles. The summed E-state index contributed by atoms with van der Waals surface area (Å²) >= 11 is 1.33. The number of carboxylic acids is 1. The molecule has 1 saturated heterocycles. The van der Waals surface area contributed by atoms with Crippen LogP contribution >= 0.6 is 11.3 Å². The van der Waals surface area contributed by atoms with Crippen molar-refractivity contribution >= 4 is 28.9 Å². The van der Waals surface area contributed by atoms with Crippen LogP contribution in [0.1, 0.15) is 84.5 Å². The van der Waals surface area contributed by atoms with Gasteiger partial charge in [0, 0.05) is 23.0 Å². The van der Waals surface area contributed by atoms with Gasteiger partial charge in [-0.1, -0.05) is 38.3 Å². The average Bonchev–Trinajstić information content (AvgIpc) is 3.35. The molecule has 3 rings (SSSR count). The van der Waals surface area contributed by atoms with Crippen molar-refractivity contribution in [1.82, 2.24) is 0 Å². The number of rotatable bonds is 11. The van der Waals surface area contributed by atoms with Gasteiger partial charge in [-0.3, -0.25) is 4.79 Å². The van der Waals surface area contributed by atoms with E-state index in [-0.39, 0.29) is 11.9 Å². The second-order valence-electron chi connectivity index (χ2n) is 8.02. The number of carbonyl (C=O) groups is 2. The Morgan fingerprint density at radius 3 is 2.60 bits per heavy atom. The highest BCUT2D eigenvalue weighted by Gasteiger charge is 2.31. The third-order valence-corrected chi connectivity index (χ3v) is 6.93. The first-order valence-electron chi connectivity index (χ1n) is 10.9. The number of anilines is 1. The molecule has 2 aromatic rings. The molecule has 1 aliphatic heterocycles. The molecule has 30 heavy (non-hydrogen) atoms. The van der Waals surface area contributed by atoms with Crippen LogP contribution in [0, 0.1) is 0 Å². The third kappa shape index (κ3) is 5.70. The van der Waals surface area contributed by atoms with Gasteiger partial charge in [0.25, 0.3) is 0 Å². The molecule has 5 nitrogen and oxygen atoms in total. The number of aryl methyl sites for hydroxylation is 1. The zero-order valence-corrected chi connectivity index (χ0v) is 18.4. The van der Waals surface area contributed by atoms with Gasteiger partial charge in [-0.15, -0.1) is 11.3 Å². The summed E-state index contributed by atoms with van der Waals surface area (Å²) in [5.41, 5.74) is 1.81. The van der Waals surface area contributed by atoms with Crippen molar-refractivity contribution < 1.29 is 19.8 Å². The largest absolute Gasteiger partial charge is 0.477 e. The molecule has 1 unspecified atom stereocenters. The van der Waals surface area contributed by atoms with Gasteiger partial charge >= 0.3 is 5.97 Å². The highest BCUT2D eigenvalue weighted by Crippen LogP contribution is 2.31. The molecular formula is C24H31NO4S. The lowest BCUT2D eigenvalue weighted by Crippen LogP contribution is -2.32. The Kier molecular flexibility index (Phi) is 8.05. The fraction of sp³-hybridized carbons (Fsp3) is 0.500. The summed E-state index contributed by atoms with van der Waals surface area (Å²) < 4.78 is 0. The quantitative estimate of drug-likeness (QED) is 0.457. The van der Waals surface area contributed by atoms with Crippen LogP contribution in [-0.4, -0.2) is 28.1 Å². The summed E-state index contributed by atoms with van der Waals surface area (Å²) in [4.78, 5) is 26.9. The minimum Gasteiger partial charge on any atom is -0.477 e. The number of aliphatic hydroxyl groups is 1. The van der Waals surface area contributed by atoms with Gasteiger partial charge in [-0.25, -0.2) is 4.79 Å². The van der Waals surface area contributed by atoms with Crippen LogP contribution in [-0.2, 0) is 11.2 Å². The lowest BCUT2D eigenvalue weighted by Gasteiger charge is -2.25.